The summed E-state index contributed by atoms with van der Waals surface area (Å²) in [6, 6.07) is 20.0. The standard InChI is InChI=1S/C23H28N2/c1-18(8-9-20-6-4-3-5-7-20)14-19(2)25-16-21-10-11-23-17-24-13-12-22(23)15-21/h3-7,10-13,15,17-19,25H,8-9,14,16H2,1-2H3/t18?,19-/m1/s1. The Hall–Kier alpha value is -2.19. The number of benzene rings is 2. The first-order valence-electron chi connectivity index (χ1n) is 9.30. The summed E-state index contributed by atoms with van der Waals surface area (Å²) in [5, 5.41) is 6.14. The van der Waals surface area contributed by atoms with Crippen LogP contribution in [0.15, 0.2) is 67.0 Å². The Labute approximate surface area is 151 Å². The summed E-state index contributed by atoms with van der Waals surface area (Å²) >= 11 is 0. The van der Waals surface area contributed by atoms with E-state index in [0.717, 1.165) is 12.5 Å². The van der Waals surface area contributed by atoms with Crippen molar-refractivity contribution in [2.45, 2.75) is 45.7 Å². The molecule has 2 atom stereocenters. The fraction of sp³-hybridized carbons (Fsp3) is 0.348. The molecule has 0 aliphatic carbocycles. The lowest BCUT2D eigenvalue weighted by atomic mass is 9.95. The van der Waals surface area contributed by atoms with Crippen LogP contribution in [0, 0.1) is 5.92 Å². The third kappa shape index (κ3) is 5.40. The van der Waals surface area contributed by atoms with E-state index in [1.807, 2.05) is 12.4 Å². The number of aryl methyl sites for hydroxylation is 1. The Morgan fingerprint density at radius 1 is 0.920 bits per heavy atom. The minimum absolute atomic E-state index is 0.527. The second-order valence-electron chi connectivity index (χ2n) is 7.20. The van der Waals surface area contributed by atoms with Crippen molar-refractivity contribution in [3.8, 4) is 0 Å². The summed E-state index contributed by atoms with van der Waals surface area (Å²) in [7, 11) is 0. The highest BCUT2D eigenvalue weighted by Gasteiger charge is 2.09. The Kier molecular flexibility index (Phi) is 6.19. The molecule has 0 bridgehead atoms. The average molecular weight is 332 g/mol. The number of hydrogen-bond acceptors (Lipinski definition) is 2. The van der Waals surface area contributed by atoms with Crippen LogP contribution in [-0.4, -0.2) is 11.0 Å². The highest BCUT2D eigenvalue weighted by molar-refractivity contribution is 5.81. The number of hydrogen-bond donors (Lipinski definition) is 1. The Morgan fingerprint density at radius 3 is 2.60 bits per heavy atom. The van der Waals surface area contributed by atoms with Crippen LogP contribution in [0.2, 0.25) is 0 Å². The average Bonchev–Trinajstić information content (AvgIpc) is 2.65. The van der Waals surface area contributed by atoms with Crippen LogP contribution in [0.3, 0.4) is 0 Å². The molecule has 0 aliphatic heterocycles. The van der Waals surface area contributed by atoms with Crippen molar-refractivity contribution in [1.82, 2.24) is 10.3 Å². The first-order valence-corrected chi connectivity index (χ1v) is 9.30. The van der Waals surface area contributed by atoms with Crippen LogP contribution >= 0.6 is 0 Å². The van der Waals surface area contributed by atoms with Crippen molar-refractivity contribution < 1.29 is 0 Å². The maximum absolute atomic E-state index is 4.17. The topological polar surface area (TPSA) is 24.9 Å². The molecule has 2 heteroatoms. The molecule has 2 aromatic carbocycles. The van der Waals surface area contributed by atoms with E-state index in [9.17, 15) is 0 Å². The summed E-state index contributed by atoms with van der Waals surface area (Å²) in [5.74, 6) is 0.727. The zero-order chi connectivity index (χ0) is 17.5. The van der Waals surface area contributed by atoms with Gasteiger partial charge < -0.3 is 5.32 Å². The van der Waals surface area contributed by atoms with E-state index >= 15 is 0 Å². The molecule has 3 rings (SSSR count). The fourth-order valence-corrected chi connectivity index (χ4v) is 3.40. The predicted molar refractivity (Wildman–Crippen MR) is 107 cm³/mol. The molecule has 3 aromatic rings. The minimum Gasteiger partial charge on any atom is -0.310 e. The van der Waals surface area contributed by atoms with E-state index in [1.165, 1.54) is 41.2 Å². The quantitative estimate of drug-likeness (QED) is 0.599. The summed E-state index contributed by atoms with van der Waals surface area (Å²) in [5.41, 5.74) is 2.78. The van der Waals surface area contributed by atoms with Gasteiger partial charge in [0, 0.05) is 30.4 Å². The maximum Gasteiger partial charge on any atom is 0.0346 e. The van der Waals surface area contributed by atoms with Crippen molar-refractivity contribution in [1.29, 1.82) is 0 Å². The number of nitrogens with one attached hydrogen (secondary N) is 1. The van der Waals surface area contributed by atoms with Gasteiger partial charge in [-0.2, -0.15) is 0 Å². The normalized spacial score (nSPS) is 13.7. The lowest BCUT2D eigenvalue weighted by Gasteiger charge is -2.19. The fourth-order valence-electron chi connectivity index (χ4n) is 3.40. The zero-order valence-electron chi connectivity index (χ0n) is 15.3. The van der Waals surface area contributed by atoms with Crippen LogP contribution in [0.1, 0.15) is 37.8 Å². The predicted octanol–water partition coefficient (Wildman–Crippen LogP) is 5.37. The van der Waals surface area contributed by atoms with Crippen molar-refractivity contribution in [3.63, 3.8) is 0 Å². The van der Waals surface area contributed by atoms with Crippen molar-refractivity contribution in [3.05, 3.63) is 78.1 Å². The molecule has 25 heavy (non-hydrogen) atoms. The number of nitrogens with zero attached hydrogens (tertiary/aromatic N) is 1. The van der Waals surface area contributed by atoms with E-state index in [1.54, 1.807) is 0 Å². The lowest BCUT2D eigenvalue weighted by molar-refractivity contribution is 0.402. The maximum atomic E-state index is 4.17. The van der Waals surface area contributed by atoms with Crippen LogP contribution in [0.4, 0.5) is 0 Å². The van der Waals surface area contributed by atoms with Crippen molar-refractivity contribution >= 4 is 10.8 Å². The van der Waals surface area contributed by atoms with E-state index in [-0.39, 0.29) is 0 Å². The van der Waals surface area contributed by atoms with E-state index in [2.05, 4.69) is 78.7 Å². The first-order chi connectivity index (χ1) is 12.2. The molecular formula is C23H28N2. The lowest BCUT2D eigenvalue weighted by Crippen LogP contribution is -2.27. The largest absolute Gasteiger partial charge is 0.310 e. The molecule has 0 saturated heterocycles. The van der Waals surface area contributed by atoms with Crippen LogP contribution < -0.4 is 5.32 Å². The SMILES string of the molecule is CC(CCc1ccccc1)C[C@@H](C)NCc1ccc2cnccc2c1. The highest BCUT2D eigenvalue weighted by atomic mass is 14.9. The summed E-state index contributed by atoms with van der Waals surface area (Å²) in [4.78, 5) is 4.17. The van der Waals surface area contributed by atoms with Gasteiger partial charge in [-0.1, -0.05) is 49.4 Å². The Morgan fingerprint density at radius 2 is 1.76 bits per heavy atom. The van der Waals surface area contributed by atoms with Gasteiger partial charge in [0.15, 0.2) is 0 Å². The number of pyridine rings is 1. The monoisotopic (exact) mass is 332 g/mol. The molecule has 0 radical (unpaired) electrons. The van der Waals surface area contributed by atoms with Gasteiger partial charge in [0.05, 0.1) is 0 Å². The highest BCUT2D eigenvalue weighted by Crippen LogP contribution is 2.17. The van der Waals surface area contributed by atoms with Gasteiger partial charge in [-0.15, -0.1) is 0 Å². The molecule has 1 N–H and O–H groups in total. The molecule has 0 fully saturated rings. The van der Waals surface area contributed by atoms with Gasteiger partial charge in [-0.05, 0) is 60.7 Å². The molecular weight excluding hydrogens is 304 g/mol. The summed E-state index contributed by atoms with van der Waals surface area (Å²) in [6.45, 7) is 5.58. The van der Waals surface area contributed by atoms with Crippen LogP contribution in [0.5, 0.6) is 0 Å². The number of fused-ring (bicyclic) bond motifs is 1. The summed E-state index contributed by atoms with van der Waals surface area (Å²) < 4.78 is 0. The molecule has 0 amide bonds. The van der Waals surface area contributed by atoms with Crippen LogP contribution in [0.25, 0.3) is 10.8 Å². The van der Waals surface area contributed by atoms with Gasteiger partial charge in [-0.25, -0.2) is 0 Å². The van der Waals surface area contributed by atoms with Gasteiger partial charge in [-0.3, -0.25) is 4.98 Å². The van der Waals surface area contributed by atoms with E-state index < -0.39 is 0 Å². The third-order valence-corrected chi connectivity index (χ3v) is 4.88. The minimum atomic E-state index is 0.527. The van der Waals surface area contributed by atoms with Crippen LogP contribution in [-0.2, 0) is 13.0 Å². The second-order valence-corrected chi connectivity index (χ2v) is 7.20. The molecule has 0 aliphatic rings. The molecule has 2 nitrogen and oxygen atoms in total. The smallest absolute Gasteiger partial charge is 0.0346 e. The zero-order valence-corrected chi connectivity index (χ0v) is 15.3. The van der Waals surface area contributed by atoms with Gasteiger partial charge >= 0.3 is 0 Å². The van der Waals surface area contributed by atoms with Gasteiger partial charge in [0.2, 0.25) is 0 Å². The second kappa shape index (κ2) is 8.77. The van der Waals surface area contributed by atoms with Crippen molar-refractivity contribution in [2.24, 2.45) is 5.92 Å². The van der Waals surface area contributed by atoms with Gasteiger partial charge in [0.1, 0.15) is 0 Å². The Balaban J connectivity index is 1.44. The summed E-state index contributed by atoms with van der Waals surface area (Å²) in [6.07, 6.45) is 7.41. The van der Waals surface area contributed by atoms with E-state index in [0.29, 0.717) is 6.04 Å². The molecule has 130 valence electrons. The van der Waals surface area contributed by atoms with Gasteiger partial charge in [0.25, 0.3) is 0 Å². The molecule has 1 unspecified atom stereocenters. The number of rotatable bonds is 8. The van der Waals surface area contributed by atoms with E-state index in [4.69, 9.17) is 0 Å². The molecule has 1 heterocycles. The molecule has 0 saturated carbocycles. The Bertz CT molecular complexity index is 782. The molecule has 0 spiro atoms. The number of aromatic nitrogens is 1. The molecule has 1 aromatic heterocycles. The first kappa shape index (κ1) is 17.6. The third-order valence-electron chi connectivity index (χ3n) is 4.88. The van der Waals surface area contributed by atoms with Crippen molar-refractivity contribution in [2.75, 3.05) is 0 Å².